The monoisotopic (exact) mass is 204 g/mol. The van der Waals surface area contributed by atoms with E-state index in [1.807, 2.05) is 13.8 Å². The van der Waals surface area contributed by atoms with Crippen LogP contribution < -0.4 is 0 Å². The second-order valence-corrected chi connectivity index (χ2v) is 4.71. The van der Waals surface area contributed by atoms with Gasteiger partial charge in [-0.05, 0) is 20.3 Å². The van der Waals surface area contributed by atoms with E-state index in [-0.39, 0.29) is 10.1 Å². The molecule has 0 aliphatic rings. The van der Waals surface area contributed by atoms with Gasteiger partial charge in [-0.25, -0.2) is 0 Å². The predicted octanol–water partition coefficient (Wildman–Crippen LogP) is 2.70. The van der Waals surface area contributed by atoms with Gasteiger partial charge in [0.05, 0.1) is 4.32 Å². The highest BCUT2D eigenvalue weighted by atomic mass is 79.9. The molecule has 10 heavy (non-hydrogen) atoms. The van der Waals surface area contributed by atoms with E-state index in [0.717, 1.165) is 6.42 Å². The van der Waals surface area contributed by atoms with Crippen LogP contribution in [0.2, 0.25) is 0 Å². The van der Waals surface area contributed by atoms with Crippen LogP contribution in [-0.2, 0) is 4.79 Å². The Bertz CT molecular complexity index is 133. The van der Waals surface area contributed by atoms with Crippen molar-refractivity contribution in [2.75, 3.05) is 0 Å². The molecule has 0 unspecified atom stereocenters. The summed E-state index contributed by atoms with van der Waals surface area (Å²) < 4.78 is -0.365. The van der Waals surface area contributed by atoms with Crippen LogP contribution in [0.15, 0.2) is 12.7 Å². The summed E-state index contributed by atoms with van der Waals surface area (Å²) in [5.74, 6) is 0.229. The van der Waals surface area contributed by atoms with Gasteiger partial charge in [0.1, 0.15) is 5.78 Å². The lowest BCUT2D eigenvalue weighted by atomic mass is 10.0. The molecule has 0 aromatic rings. The topological polar surface area (TPSA) is 17.1 Å². The molecule has 0 aromatic carbocycles. The maximum atomic E-state index is 11.1. The van der Waals surface area contributed by atoms with Crippen LogP contribution in [0, 0.1) is 0 Å². The van der Waals surface area contributed by atoms with Crippen LogP contribution in [-0.4, -0.2) is 10.1 Å². The quantitative estimate of drug-likeness (QED) is 0.509. The molecule has 0 aliphatic heterocycles. The molecule has 0 amide bonds. The van der Waals surface area contributed by atoms with Crippen LogP contribution in [0.1, 0.15) is 26.7 Å². The van der Waals surface area contributed by atoms with Gasteiger partial charge in [-0.1, -0.05) is 22.0 Å². The number of alkyl halides is 1. The molecule has 58 valence electrons. The second-order valence-electron chi connectivity index (χ2n) is 2.72. The lowest BCUT2D eigenvalue weighted by Crippen LogP contribution is -2.23. The summed E-state index contributed by atoms with van der Waals surface area (Å²) in [4.78, 5) is 11.1. The Morgan fingerprint density at radius 1 is 1.70 bits per heavy atom. The van der Waals surface area contributed by atoms with Crippen LogP contribution in [0.3, 0.4) is 0 Å². The first kappa shape index (κ1) is 9.89. The number of hydrogen-bond acceptors (Lipinski definition) is 1. The number of carbonyl (C=O) groups excluding carboxylic acids is 1. The van der Waals surface area contributed by atoms with E-state index in [2.05, 4.69) is 22.5 Å². The van der Waals surface area contributed by atoms with Gasteiger partial charge in [-0.2, -0.15) is 0 Å². The molecule has 0 heterocycles. The summed E-state index contributed by atoms with van der Waals surface area (Å²) in [6.07, 6.45) is 3.12. The first-order chi connectivity index (χ1) is 4.48. The summed E-state index contributed by atoms with van der Waals surface area (Å²) in [6, 6.07) is 0. The molecule has 0 bridgehead atoms. The summed E-state index contributed by atoms with van der Waals surface area (Å²) in [5, 5.41) is 0. The van der Waals surface area contributed by atoms with Crippen LogP contribution in [0.5, 0.6) is 0 Å². The van der Waals surface area contributed by atoms with Gasteiger partial charge in [-0.15, -0.1) is 6.58 Å². The standard InChI is InChI=1S/C8H13BrO/c1-4-5-6-7(10)8(2,3)9/h4H,1,5-6H2,2-3H3. The molecule has 0 N–H and O–H groups in total. The van der Waals surface area contributed by atoms with Gasteiger partial charge in [0.2, 0.25) is 0 Å². The normalized spacial score (nSPS) is 11.1. The molecule has 0 rings (SSSR count). The largest absolute Gasteiger partial charge is 0.298 e. The first-order valence-electron chi connectivity index (χ1n) is 3.31. The number of rotatable bonds is 4. The zero-order chi connectivity index (χ0) is 8.20. The summed E-state index contributed by atoms with van der Waals surface area (Å²) >= 11 is 3.29. The van der Waals surface area contributed by atoms with E-state index in [1.165, 1.54) is 0 Å². The molecule has 0 radical (unpaired) electrons. The zero-order valence-electron chi connectivity index (χ0n) is 6.48. The number of halogens is 1. The van der Waals surface area contributed by atoms with Crippen molar-refractivity contribution in [2.24, 2.45) is 0 Å². The highest BCUT2D eigenvalue weighted by molar-refractivity contribution is 9.10. The number of allylic oxidation sites excluding steroid dienone is 1. The molecule has 0 aliphatic carbocycles. The van der Waals surface area contributed by atoms with Crippen molar-refractivity contribution in [3.63, 3.8) is 0 Å². The molecule has 1 nitrogen and oxygen atoms in total. The Morgan fingerprint density at radius 2 is 2.20 bits per heavy atom. The summed E-state index contributed by atoms with van der Waals surface area (Å²) in [5.41, 5.74) is 0. The Morgan fingerprint density at radius 3 is 2.50 bits per heavy atom. The second kappa shape index (κ2) is 3.91. The van der Waals surface area contributed by atoms with E-state index in [9.17, 15) is 4.79 Å². The van der Waals surface area contributed by atoms with Gasteiger partial charge in [0.15, 0.2) is 0 Å². The lowest BCUT2D eigenvalue weighted by Gasteiger charge is -2.12. The van der Waals surface area contributed by atoms with Gasteiger partial charge < -0.3 is 0 Å². The van der Waals surface area contributed by atoms with Crippen molar-refractivity contribution < 1.29 is 4.79 Å². The third-order valence-corrected chi connectivity index (χ3v) is 1.68. The van der Waals surface area contributed by atoms with E-state index in [4.69, 9.17) is 0 Å². The Hall–Kier alpha value is -0.110. The van der Waals surface area contributed by atoms with Gasteiger partial charge in [-0.3, -0.25) is 4.79 Å². The van der Waals surface area contributed by atoms with Crippen molar-refractivity contribution in [2.45, 2.75) is 31.0 Å². The van der Waals surface area contributed by atoms with Crippen molar-refractivity contribution in [3.8, 4) is 0 Å². The first-order valence-corrected chi connectivity index (χ1v) is 4.11. The molecule has 0 fully saturated rings. The summed E-state index contributed by atoms with van der Waals surface area (Å²) in [7, 11) is 0. The number of Topliss-reactive ketones (excluding diaryl/α,β-unsaturated/α-hetero) is 1. The van der Waals surface area contributed by atoms with Gasteiger partial charge in [0.25, 0.3) is 0 Å². The average molecular weight is 205 g/mol. The lowest BCUT2D eigenvalue weighted by molar-refractivity contribution is -0.120. The molecule has 0 atom stereocenters. The Labute approximate surface area is 70.6 Å². The van der Waals surface area contributed by atoms with Crippen molar-refractivity contribution >= 4 is 21.7 Å². The molecule has 2 heteroatoms. The summed E-state index contributed by atoms with van der Waals surface area (Å²) in [6.45, 7) is 7.27. The van der Waals surface area contributed by atoms with Crippen molar-refractivity contribution in [1.29, 1.82) is 0 Å². The maximum Gasteiger partial charge on any atom is 0.149 e. The minimum Gasteiger partial charge on any atom is -0.298 e. The minimum atomic E-state index is -0.365. The third kappa shape index (κ3) is 3.83. The highest BCUT2D eigenvalue weighted by Crippen LogP contribution is 2.19. The van der Waals surface area contributed by atoms with E-state index >= 15 is 0 Å². The fraction of sp³-hybridized carbons (Fsp3) is 0.625. The maximum absolute atomic E-state index is 11.1. The number of hydrogen-bond donors (Lipinski definition) is 0. The molecule has 0 saturated heterocycles. The van der Waals surface area contributed by atoms with Crippen molar-refractivity contribution in [1.82, 2.24) is 0 Å². The number of carbonyl (C=O) groups is 1. The average Bonchev–Trinajstić information content (AvgIpc) is 1.80. The Kier molecular flexibility index (Phi) is 3.87. The van der Waals surface area contributed by atoms with Gasteiger partial charge in [0, 0.05) is 6.42 Å². The molecular formula is C8H13BrO. The molecule has 0 spiro atoms. The van der Waals surface area contributed by atoms with E-state index in [1.54, 1.807) is 6.08 Å². The van der Waals surface area contributed by atoms with E-state index < -0.39 is 0 Å². The highest BCUT2D eigenvalue weighted by Gasteiger charge is 2.21. The zero-order valence-corrected chi connectivity index (χ0v) is 8.07. The fourth-order valence-corrected chi connectivity index (χ4v) is 0.729. The minimum absolute atomic E-state index is 0.229. The van der Waals surface area contributed by atoms with Gasteiger partial charge >= 0.3 is 0 Å². The van der Waals surface area contributed by atoms with Crippen LogP contribution >= 0.6 is 15.9 Å². The third-order valence-electron chi connectivity index (χ3n) is 1.24. The van der Waals surface area contributed by atoms with E-state index in [0.29, 0.717) is 6.42 Å². The van der Waals surface area contributed by atoms with Crippen LogP contribution in [0.4, 0.5) is 0 Å². The molecule has 0 saturated carbocycles. The number of ketones is 1. The molecule has 0 aromatic heterocycles. The predicted molar refractivity (Wildman–Crippen MR) is 47.4 cm³/mol. The van der Waals surface area contributed by atoms with Crippen LogP contribution in [0.25, 0.3) is 0 Å². The molecular weight excluding hydrogens is 192 g/mol. The SMILES string of the molecule is C=CCCC(=O)C(C)(C)Br. The fourth-order valence-electron chi connectivity index (χ4n) is 0.530. The Balaban J connectivity index is 3.74. The smallest absolute Gasteiger partial charge is 0.149 e. The van der Waals surface area contributed by atoms with Crippen molar-refractivity contribution in [3.05, 3.63) is 12.7 Å².